The Balaban J connectivity index is 1.69. The molecule has 0 aliphatic rings. The zero-order valence-electron chi connectivity index (χ0n) is 9.47. The van der Waals surface area contributed by atoms with Crippen LogP contribution in [0.4, 0.5) is 0 Å². The van der Waals surface area contributed by atoms with E-state index in [0.29, 0.717) is 0 Å². The van der Waals surface area contributed by atoms with Crippen LogP contribution in [0.3, 0.4) is 0 Å². The Morgan fingerprint density at radius 1 is 1.50 bits per heavy atom. The van der Waals surface area contributed by atoms with E-state index in [-0.39, 0.29) is 0 Å². The second-order valence-electron chi connectivity index (χ2n) is 3.64. The molecule has 0 fully saturated rings. The number of nitrogens with one attached hydrogen (secondary N) is 1. The van der Waals surface area contributed by atoms with Crippen molar-refractivity contribution in [3.63, 3.8) is 0 Å². The third-order valence-corrected chi connectivity index (χ3v) is 3.08. The summed E-state index contributed by atoms with van der Waals surface area (Å²) >= 11 is 1.69. The predicted molar refractivity (Wildman–Crippen MR) is 63.3 cm³/mol. The minimum absolute atomic E-state index is 0.825. The maximum absolute atomic E-state index is 4.38. The first-order valence-corrected chi connectivity index (χ1v) is 6.08. The van der Waals surface area contributed by atoms with Crippen LogP contribution in [0.15, 0.2) is 11.7 Å². The fraction of sp³-hybridized carbons (Fsp3) is 0.500. The number of hydrogen-bond donors (Lipinski definition) is 1. The van der Waals surface area contributed by atoms with Crippen molar-refractivity contribution in [1.29, 1.82) is 0 Å². The highest BCUT2D eigenvalue weighted by Crippen LogP contribution is 2.07. The number of nitrogens with zero attached hydrogens (tertiary/aromatic N) is 4. The highest BCUT2D eigenvalue weighted by molar-refractivity contribution is 7.09. The SMILES string of the molecule is Cc1csc(CNCCc2ncn(C)n2)n1. The number of rotatable bonds is 5. The molecule has 0 amide bonds. The van der Waals surface area contributed by atoms with E-state index in [1.54, 1.807) is 22.3 Å². The molecule has 0 atom stereocenters. The summed E-state index contributed by atoms with van der Waals surface area (Å²) in [6, 6.07) is 0. The summed E-state index contributed by atoms with van der Waals surface area (Å²) in [5.41, 5.74) is 1.09. The van der Waals surface area contributed by atoms with Crippen molar-refractivity contribution in [2.75, 3.05) is 6.54 Å². The van der Waals surface area contributed by atoms with E-state index >= 15 is 0 Å². The van der Waals surface area contributed by atoms with Gasteiger partial charge in [-0.15, -0.1) is 11.3 Å². The van der Waals surface area contributed by atoms with E-state index in [4.69, 9.17) is 0 Å². The Morgan fingerprint density at radius 3 is 3.00 bits per heavy atom. The zero-order chi connectivity index (χ0) is 11.4. The number of thiazole rings is 1. The molecule has 0 radical (unpaired) electrons. The second kappa shape index (κ2) is 5.18. The second-order valence-corrected chi connectivity index (χ2v) is 4.59. The lowest BCUT2D eigenvalue weighted by molar-refractivity contribution is 0.658. The summed E-state index contributed by atoms with van der Waals surface area (Å²) in [6.45, 7) is 3.71. The summed E-state index contributed by atoms with van der Waals surface area (Å²) in [4.78, 5) is 8.54. The van der Waals surface area contributed by atoms with Crippen molar-refractivity contribution in [3.05, 3.63) is 28.2 Å². The standard InChI is InChI=1S/C10H15N5S/c1-8-6-16-10(13-8)5-11-4-3-9-12-7-15(2)14-9/h6-7,11H,3-5H2,1-2H3. The van der Waals surface area contributed by atoms with Gasteiger partial charge in [-0.05, 0) is 6.92 Å². The van der Waals surface area contributed by atoms with Crippen LogP contribution < -0.4 is 5.32 Å². The zero-order valence-corrected chi connectivity index (χ0v) is 10.3. The van der Waals surface area contributed by atoms with Crippen LogP contribution in [-0.2, 0) is 20.0 Å². The van der Waals surface area contributed by atoms with E-state index in [0.717, 1.165) is 36.0 Å². The molecule has 2 heterocycles. The van der Waals surface area contributed by atoms with Crippen molar-refractivity contribution >= 4 is 11.3 Å². The molecular weight excluding hydrogens is 222 g/mol. The maximum Gasteiger partial charge on any atom is 0.151 e. The van der Waals surface area contributed by atoms with Crippen molar-refractivity contribution in [3.8, 4) is 0 Å². The molecule has 6 heteroatoms. The summed E-state index contributed by atoms with van der Waals surface area (Å²) in [7, 11) is 1.88. The first-order chi connectivity index (χ1) is 7.74. The van der Waals surface area contributed by atoms with Gasteiger partial charge in [-0.25, -0.2) is 9.97 Å². The third kappa shape index (κ3) is 3.11. The van der Waals surface area contributed by atoms with Crippen LogP contribution in [-0.4, -0.2) is 26.3 Å². The smallest absolute Gasteiger partial charge is 0.151 e. The Bertz CT molecular complexity index is 405. The van der Waals surface area contributed by atoms with Gasteiger partial charge in [0.15, 0.2) is 5.82 Å². The van der Waals surface area contributed by atoms with Gasteiger partial charge < -0.3 is 5.32 Å². The average Bonchev–Trinajstić information content (AvgIpc) is 2.83. The summed E-state index contributed by atoms with van der Waals surface area (Å²) in [6.07, 6.45) is 2.57. The molecule has 0 saturated carbocycles. The molecule has 0 aliphatic carbocycles. The minimum atomic E-state index is 0.825. The Labute approximate surface area is 98.5 Å². The molecule has 2 rings (SSSR count). The largest absolute Gasteiger partial charge is 0.310 e. The highest BCUT2D eigenvalue weighted by Gasteiger charge is 2.00. The van der Waals surface area contributed by atoms with E-state index < -0.39 is 0 Å². The van der Waals surface area contributed by atoms with E-state index in [9.17, 15) is 0 Å². The average molecular weight is 237 g/mol. The van der Waals surface area contributed by atoms with Crippen molar-refractivity contribution < 1.29 is 0 Å². The van der Waals surface area contributed by atoms with Gasteiger partial charge in [0.25, 0.3) is 0 Å². The van der Waals surface area contributed by atoms with Crippen LogP contribution in [0.25, 0.3) is 0 Å². The first kappa shape index (κ1) is 11.2. The van der Waals surface area contributed by atoms with Gasteiger partial charge in [0.2, 0.25) is 0 Å². The summed E-state index contributed by atoms with van der Waals surface area (Å²) in [5.74, 6) is 0.880. The van der Waals surface area contributed by atoms with Gasteiger partial charge in [0.05, 0.1) is 0 Å². The van der Waals surface area contributed by atoms with Gasteiger partial charge in [-0.1, -0.05) is 0 Å². The monoisotopic (exact) mass is 237 g/mol. The molecule has 2 aromatic rings. The van der Waals surface area contributed by atoms with Gasteiger partial charge in [0, 0.05) is 37.6 Å². The quantitative estimate of drug-likeness (QED) is 0.785. The third-order valence-electron chi connectivity index (χ3n) is 2.12. The number of aromatic nitrogens is 4. The highest BCUT2D eigenvalue weighted by atomic mass is 32.1. The predicted octanol–water partition coefficient (Wildman–Crippen LogP) is 0.912. The van der Waals surface area contributed by atoms with Gasteiger partial charge in [0.1, 0.15) is 11.3 Å². The summed E-state index contributed by atoms with van der Waals surface area (Å²) < 4.78 is 1.72. The van der Waals surface area contributed by atoms with Gasteiger partial charge in [-0.3, -0.25) is 4.68 Å². The fourth-order valence-electron chi connectivity index (χ4n) is 1.38. The van der Waals surface area contributed by atoms with Crippen LogP contribution in [0.2, 0.25) is 0 Å². The number of aryl methyl sites for hydroxylation is 2. The number of hydrogen-bond acceptors (Lipinski definition) is 5. The Morgan fingerprint density at radius 2 is 2.38 bits per heavy atom. The van der Waals surface area contributed by atoms with Gasteiger partial charge >= 0.3 is 0 Å². The normalized spacial score (nSPS) is 10.9. The molecule has 0 aromatic carbocycles. The molecule has 0 bridgehead atoms. The molecule has 5 nitrogen and oxygen atoms in total. The Hall–Kier alpha value is -1.27. The van der Waals surface area contributed by atoms with Crippen molar-refractivity contribution in [1.82, 2.24) is 25.1 Å². The van der Waals surface area contributed by atoms with E-state index in [1.807, 2.05) is 14.0 Å². The molecule has 0 aliphatic heterocycles. The molecule has 16 heavy (non-hydrogen) atoms. The lowest BCUT2D eigenvalue weighted by atomic mass is 10.4. The molecule has 2 aromatic heterocycles. The molecule has 0 spiro atoms. The van der Waals surface area contributed by atoms with E-state index in [2.05, 4.69) is 25.8 Å². The topological polar surface area (TPSA) is 55.6 Å². The lowest BCUT2D eigenvalue weighted by Gasteiger charge is -1.99. The molecule has 0 saturated heterocycles. The lowest BCUT2D eigenvalue weighted by Crippen LogP contribution is -2.17. The van der Waals surface area contributed by atoms with Crippen LogP contribution in [0.1, 0.15) is 16.5 Å². The van der Waals surface area contributed by atoms with Crippen molar-refractivity contribution in [2.45, 2.75) is 19.9 Å². The van der Waals surface area contributed by atoms with Crippen LogP contribution in [0.5, 0.6) is 0 Å². The fourth-order valence-corrected chi connectivity index (χ4v) is 2.12. The summed E-state index contributed by atoms with van der Waals surface area (Å²) in [5, 5.41) is 10.7. The van der Waals surface area contributed by atoms with E-state index in [1.165, 1.54) is 0 Å². The first-order valence-electron chi connectivity index (χ1n) is 5.20. The minimum Gasteiger partial charge on any atom is -0.310 e. The van der Waals surface area contributed by atoms with Crippen LogP contribution in [0, 0.1) is 6.92 Å². The molecule has 86 valence electrons. The maximum atomic E-state index is 4.38. The van der Waals surface area contributed by atoms with Crippen molar-refractivity contribution in [2.24, 2.45) is 7.05 Å². The molecular formula is C10H15N5S. The Kier molecular flexibility index (Phi) is 3.63. The van der Waals surface area contributed by atoms with Gasteiger partial charge in [-0.2, -0.15) is 5.10 Å². The van der Waals surface area contributed by atoms with Crippen LogP contribution >= 0.6 is 11.3 Å². The molecule has 1 N–H and O–H groups in total. The molecule has 0 unspecified atom stereocenters.